The fraction of sp³-hybridized carbons (Fsp3) is 0.286. The summed E-state index contributed by atoms with van der Waals surface area (Å²) in [4.78, 5) is 21.3. The fourth-order valence-corrected chi connectivity index (χ4v) is 3.52. The number of pyridine rings is 1. The lowest BCUT2D eigenvalue weighted by Gasteiger charge is -2.35. The Labute approximate surface area is 158 Å². The van der Waals surface area contributed by atoms with Crippen LogP contribution in [0.25, 0.3) is 11.3 Å². The molecule has 6 heteroatoms. The van der Waals surface area contributed by atoms with Crippen molar-refractivity contribution in [1.29, 1.82) is 0 Å². The highest BCUT2D eigenvalue weighted by Crippen LogP contribution is 2.23. The molecule has 27 heavy (non-hydrogen) atoms. The van der Waals surface area contributed by atoms with Gasteiger partial charge in [0.2, 0.25) is 0 Å². The molecule has 1 aliphatic rings. The Balaban J connectivity index is 1.44. The molecule has 1 aliphatic heterocycles. The molecular weight excluding hydrogens is 338 g/mol. The lowest BCUT2D eigenvalue weighted by molar-refractivity contribution is 0.0740. The van der Waals surface area contributed by atoms with Gasteiger partial charge in [0.25, 0.3) is 5.91 Å². The average Bonchev–Trinajstić information content (AvgIpc) is 3.18. The number of carbonyl (C=O) groups is 1. The molecule has 1 amide bonds. The summed E-state index contributed by atoms with van der Waals surface area (Å²) in [7, 11) is 0. The van der Waals surface area contributed by atoms with E-state index in [1.54, 1.807) is 6.20 Å². The number of H-pyrrole nitrogens is 1. The number of carbonyl (C=O) groups excluding carboxylic acids is 1. The molecule has 0 aliphatic carbocycles. The van der Waals surface area contributed by atoms with Gasteiger partial charge in [-0.2, -0.15) is 5.10 Å². The first-order chi connectivity index (χ1) is 13.1. The van der Waals surface area contributed by atoms with Crippen LogP contribution in [0.3, 0.4) is 0 Å². The minimum Gasteiger partial charge on any atom is -0.353 e. The minimum atomic E-state index is -0.000754. The molecule has 1 N–H and O–H groups in total. The van der Waals surface area contributed by atoms with Crippen molar-refractivity contribution in [1.82, 2.24) is 20.1 Å². The van der Waals surface area contributed by atoms with Crippen LogP contribution in [0.1, 0.15) is 21.6 Å². The predicted octanol–water partition coefficient (Wildman–Crippen LogP) is 3.05. The van der Waals surface area contributed by atoms with E-state index in [2.05, 4.69) is 52.1 Å². The number of piperazine rings is 1. The van der Waals surface area contributed by atoms with Crippen molar-refractivity contribution in [2.45, 2.75) is 13.8 Å². The van der Waals surface area contributed by atoms with Gasteiger partial charge in [-0.25, -0.2) is 4.98 Å². The third-order valence-corrected chi connectivity index (χ3v) is 5.01. The first-order valence-electron chi connectivity index (χ1n) is 9.20. The van der Waals surface area contributed by atoms with Crippen molar-refractivity contribution < 1.29 is 4.79 Å². The maximum atomic E-state index is 12.8. The van der Waals surface area contributed by atoms with Gasteiger partial charge in [0.15, 0.2) is 0 Å². The van der Waals surface area contributed by atoms with E-state index in [0.717, 1.165) is 35.7 Å². The van der Waals surface area contributed by atoms with E-state index < -0.39 is 0 Å². The quantitative estimate of drug-likeness (QED) is 0.779. The predicted molar refractivity (Wildman–Crippen MR) is 106 cm³/mol. The number of aromatic amines is 1. The normalized spacial score (nSPS) is 14.4. The van der Waals surface area contributed by atoms with Crippen LogP contribution < -0.4 is 4.90 Å². The van der Waals surface area contributed by atoms with Crippen LogP contribution in [0.15, 0.2) is 48.7 Å². The number of aromatic nitrogens is 3. The van der Waals surface area contributed by atoms with Gasteiger partial charge in [-0.3, -0.25) is 9.89 Å². The van der Waals surface area contributed by atoms with Crippen LogP contribution in [0.5, 0.6) is 0 Å². The zero-order chi connectivity index (χ0) is 18.8. The Morgan fingerprint density at radius 2 is 1.85 bits per heavy atom. The third-order valence-electron chi connectivity index (χ3n) is 5.01. The van der Waals surface area contributed by atoms with Crippen LogP contribution in [0.2, 0.25) is 0 Å². The van der Waals surface area contributed by atoms with E-state index in [4.69, 9.17) is 0 Å². The molecule has 1 aromatic carbocycles. The van der Waals surface area contributed by atoms with Crippen LogP contribution >= 0.6 is 0 Å². The van der Waals surface area contributed by atoms with Crippen LogP contribution in [0.4, 0.5) is 5.82 Å². The smallest absolute Gasteiger partial charge is 0.272 e. The summed E-state index contributed by atoms with van der Waals surface area (Å²) in [6.07, 6.45) is 1.80. The summed E-state index contributed by atoms with van der Waals surface area (Å²) in [5.74, 6) is 0.961. The van der Waals surface area contributed by atoms with Crippen molar-refractivity contribution in [2.75, 3.05) is 31.1 Å². The Morgan fingerprint density at radius 1 is 1.04 bits per heavy atom. The Hall–Kier alpha value is -3.15. The maximum Gasteiger partial charge on any atom is 0.272 e. The zero-order valence-corrected chi connectivity index (χ0v) is 15.6. The zero-order valence-electron chi connectivity index (χ0n) is 15.6. The standard InChI is InChI=1S/C21H23N5O/c1-15-6-7-17(16(2)13-15)18-14-19(24-23-18)21(27)26-11-9-25(10-12-26)20-5-3-4-8-22-20/h3-8,13-14H,9-12H2,1-2H3,(H,23,24). The second-order valence-corrected chi connectivity index (χ2v) is 6.95. The largest absolute Gasteiger partial charge is 0.353 e. The number of hydrogen-bond acceptors (Lipinski definition) is 4. The number of benzene rings is 1. The molecule has 1 saturated heterocycles. The minimum absolute atomic E-state index is 0.000754. The van der Waals surface area contributed by atoms with Gasteiger partial charge in [0, 0.05) is 37.9 Å². The molecule has 4 rings (SSSR count). The van der Waals surface area contributed by atoms with E-state index in [9.17, 15) is 4.79 Å². The van der Waals surface area contributed by atoms with Crippen LogP contribution in [-0.4, -0.2) is 52.2 Å². The molecule has 0 radical (unpaired) electrons. The van der Waals surface area contributed by atoms with E-state index >= 15 is 0 Å². The molecule has 0 unspecified atom stereocenters. The number of nitrogens with zero attached hydrogens (tertiary/aromatic N) is 4. The summed E-state index contributed by atoms with van der Waals surface area (Å²) < 4.78 is 0. The number of nitrogens with one attached hydrogen (secondary N) is 1. The van der Waals surface area contributed by atoms with Gasteiger partial charge in [-0.15, -0.1) is 0 Å². The van der Waals surface area contributed by atoms with Crippen molar-refractivity contribution in [3.8, 4) is 11.3 Å². The Kier molecular flexibility index (Phi) is 4.62. The van der Waals surface area contributed by atoms with Crippen molar-refractivity contribution in [2.24, 2.45) is 0 Å². The molecule has 0 saturated carbocycles. The molecule has 138 valence electrons. The van der Waals surface area contributed by atoms with Gasteiger partial charge in [0.05, 0.1) is 5.69 Å². The van der Waals surface area contributed by atoms with Gasteiger partial charge < -0.3 is 9.80 Å². The van der Waals surface area contributed by atoms with E-state index in [1.807, 2.05) is 29.2 Å². The van der Waals surface area contributed by atoms with Crippen molar-refractivity contribution in [3.05, 3.63) is 65.5 Å². The second kappa shape index (κ2) is 7.23. The SMILES string of the molecule is Cc1ccc(-c2cc(C(=O)N3CCN(c4ccccn4)CC3)[nH]n2)c(C)c1. The summed E-state index contributed by atoms with van der Waals surface area (Å²) in [5.41, 5.74) is 4.77. The van der Waals surface area contributed by atoms with Gasteiger partial charge in [-0.1, -0.05) is 29.8 Å². The van der Waals surface area contributed by atoms with Gasteiger partial charge >= 0.3 is 0 Å². The number of aryl methyl sites for hydroxylation is 2. The second-order valence-electron chi connectivity index (χ2n) is 6.95. The maximum absolute atomic E-state index is 12.8. The molecule has 1 fully saturated rings. The first-order valence-corrected chi connectivity index (χ1v) is 9.20. The number of rotatable bonds is 3. The lowest BCUT2D eigenvalue weighted by atomic mass is 10.0. The summed E-state index contributed by atoms with van der Waals surface area (Å²) in [6, 6.07) is 14.0. The molecule has 3 heterocycles. The third kappa shape index (κ3) is 3.56. The van der Waals surface area contributed by atoms with Crippen LogP contribution in [-0.2, 0) is 0 Å². The number of amides is 1. The molecule has 2 aromatic heterocycles. The highest BCUT2D eigenvalue weighted by Gasteiger charge is 2.24. The average molecular weight is 361 g/mol. The lowest BCUT2D eigenvalue weighted by Crippen LogP contribution is -2.49. The summed E-state index contributed by atoms with van der Waals surface area (Å²) >= 11 is 0. The molecular formula is C21H23N5O. The number of anilines is 1. The van der Waals surface area contributed by atoms with Gasteiger partial charge in [-0.05, 0) is 37.6 Å². The summed E-state index contributed by atoms with van der Waals surface area (Å²) in [6.45, 7) is 7.04. The fourth-order valence-electron chi connectivity index (χ4n) is 3.52. The highest BCUT2D eigenvalue weighted by atomic mass is 16.2. The summed E-state index contributed by atoms with van der Waals surface area (Å²) in [5, 5.41) is 7.28. The Bertz CT molecular complexity index is 942. The van der Waals surface area contributed by atoms with Gasteiger partial charge in [0.1, 0.15) is 11.5 Å². The topological polar surface area (TPSA) is 65.1 Å². The van der Waals surface area contributed by atoms with E-state index in [0.29, 0.717) is 18.8 Å². The number of hydrogen-bond donors (Lipinski definition) is 1. The molecule has 0 spiro atoms. The first kappa shape index (κ1) is 17.3. The van der Waals surface area contributed by atoms with Crippen molar-refractivity contribution in [3.63, 3.8) is 0 Å². The monoisotopic (exact) mass is 361 g/mol. The van der Waals surface area contributed by atoms with E-state index in [1.165, 1.54) is 5.56 Å². The van der Waals surface area contributed by atoms with Crippen LogP contribution in [0, 0.1) is 13.8 Å². The molecule has 0 atom stereocenters. The van der Waals surface area contributed by atoms with E-state index in [-0.39, 0.29) is 5.91 Å². The molecule has 3 aromatic rings. The molecule has 6 nitrogen and oxygen atoms in total. The van der Waals surface area contributed by atoms with Crippen molar-refractivity contribution >= 4 is 11.7 Å². The Morgan fingerprint density at radius 3 is 2.56 bits per heavy atom. The highest BCUT2D eigenvalue weighted by molar-refractivity contribution is 5.93. The molecule has 0 bridgehead atoms.